The Labute approximate surface area is 251 Å². The van der Waals surface area contributed by atoms with Crippen LogP contribution < -0.4 is 15.4 Å². The van der Waals surface area contributed by atoms with Crippen LogP contribution >= 0.6 is 0 Å². The molecule has 1 aliphatic carbocycles. The summed E-state index contributed by atoms with van der Waals surface area (Å²) in [6.07, 6.45) is 2.66. The van der Waals surface area contributed by atoms with Gasteiger partial charge in [-0.1, -0.05) is 18.2 Å². The van der Waals surface area contributed by atoms with Gasteiger partial charge in [-0.25, -0.2) is 8.78 Å². The van der Waals surface area contributed by atoms with Crippen molar-refractivity contribution < 1.29 is 32.7 Å². The fourth-order valence-corrected chi connectivity index (χ4v) is 7.09. The highest BCUT2D eigenvalue weighted by atomic mass is 19.3. The number of hydrogen-bond acceptors (Lipinski definition) is 6. The number of fused-ring (bicyclic) bond motifs is 3. The smallest absolute Gasteiger partial charge is 0.261 e. The number of para-hydroxylation sites is 1. The Morgan fingerprint density at radius 3 is 2.51 bits per heavy atom. The van der Waals surface area contributed by atoms with Crippen LogP contribution in [0, 0.1) is 11.8 Å². The summed E-state index contributed by atoms with van der Waals surface area (Å²) in [5.41, 5.74) is 0. The highest BCUT2D eigenvalue weighted by Crippen LogP contribution is 2.38. The number of piperidine rings is 1. The molecule has 43 heavy (non-hydrogen) atoms. The van der Waals surface area contributed by atoms with Crippen LogP contribution in [-0.4, -0.2) is 109 Å². The van der Waals surface area contributed by atoms with Gasteiger partial charge < -0.3 is 30.1 Å². The Hall–Kier alpha value is -3.28. The number of hydrogen-bond donors (Lipinski definition) is 2. The Balaban J connectivity index is 1.27. The van der Waals surface area contributed by atoms with Gasteiger partial charge in [-0.3, -0.25) is 19.2 Å². The lowest BCUT2D eigenvalue weighted by atomic mass is 9.79. The van der Waals surface area contributed by atoms with Gasteiger partial charge >= 0.3 is 0 Å². The molecule has 236 valence electrons. The molecule has 4 fully saturated rings. The highest BCUT2D eigenvalue weighted by molar-refractivity contribution is 5.89. The zero-order valence-electron chi connectivity index (χ0n) is 24.8. The van der Waals surface area contributed by atoms with E-state index in [0.29, 0.717) is 44.5 Å². The maximum absolute atomic E-state index is 13.8. The average Bonchev–Trinajstić information content (AvgIpc) is 3.40. The molecule has 1 aromatic rings. The van der Waals surface area contributed by atoms with E-state index in [4.69, 9.17) is 4.74 Å². The van der Waals surface area contributed by atoms with Gasteiger partial charge in [0.1, 0.15) is 11.8 Å². The van der Waals surface area contributed by atoms with E-state index in [9.17, 15) is 28.0 Å². The summed E-state index contributed by atoms with van der Waals surface area (Å²) in [4.78, 5) is 57.8. The molecule has 4 aliphatic rings. The van der Waals surface area contributed by atoms with E-state index >= 15 is 0 Å². The van der Waals surface area contributed by atoms with E-state index in [1.165, 1.54) is 9.80 Å². The standard InChI is InChI=1S/C31H43F2N5O5/c1-36-19-27(39)35-23-16-26(38(18-23)29(41)20-43-25-5-3-2-4-6-25)30(42)34-13-9-22-17-37(14-10-21(22)15-28(36)40)24-7-11-31(32,33)12-8-24/h2-6,21-24,26H,7-20H2,1H3,(H,34,42)(H,35,39)/t21-,22-,23+,26-/m0/s1. The third-order valence-corrected chi connectivity index (χ3v) is 9.58. The maximum Gasteiger partial charge on any atom is 0.261 e. The Kier molecular flexibility index (Phi) is 9.83. The molecule has 5 rings (SSSR count). The van der Waals surface area contributed by atoms with Crippen LogP contribution in [0.4, 0.5) is 8.78 Å². The average molecular weight is 604 g/mol. The van der Waals surface area contributed by atoms with Gasteiger partial charge in [0.2, 0.25) is 23.6 Å². The first-order chi connectivity index (χ1) is 20.6. The highest BCUT2D eigenvalue weighted by Gasteiger charge is 2.42. The summed E-state index contributed by atoms with van der Waals surface area (Å²) in [5, 5.41) is 5.91. The number of benzene rings is 1. The normalized spacial score (nSPS) is 29.6. The second-order valence-corrected chi connectivity index (χ2v) is 12.6. The number of rotatable bonds is 4. The van der Waals surface area contributed by atoms with E-state index in [1.807, 2.05) is 6.07 Å². The molecular formula is C31H43F2N5O5. The Morgan fingerprint density at radius 2 is 1.77 bits per heavy atom. The van der Waals surface area contributed by atoms with Crippen LogP contribution in [0.1, 0.15) is 51.4 Å². The summed E-state index contributed by atoms with van der Waals surface area (Å²) in [6.45, 7) is 1.61. The number of alkyl halides is 2. The van der Waals surface area contributed by atoms with Crippen LogP contribution in [0.5, 0.6) is 5.75 Å². The van der Waals surface area contributed by atoms with Crippen LogP contribution in [0.2, 0.25) is 0 Å². The summed E-state index contributed by atoms with van der Waals surface area (Å²) >= 11 is 0. The number of halogens is 2. The van der Waals surface area contributed by atoms with Crippen LogP contribution in [0.25, 0.3) is 0 Å². The van der Waals surface area contributed by atoms with Gasteiger partial charge in [-0.05, 0) is 62.6 Å². The number of nitrogens with one attached hydrogen (secondary N) is 2. The molecule has 0 unspecified atom stereocenters. The van der Waals surface area contributed by atoms with Crippen molar-refractivity contribution in [2.75, 3.05) is 46.4 Å². The molecule has 2 N–H and O–H groups in total. The first kappa shape index (κ1) is 31.2. The first-order valence-electron chi connectivity index (χ1n) is 15.5. The quantitative estimate of drug-likeness (QED) is 0.545. The van der Waals surface area contributed by atoms with E-state index < -0.39 is 18.0 Å². The first-order valence-corrected chi connectivity index (χ1v) is 15.5. The molecule has 0 spiro atoms. The van der Waals surface area contributed by atoms with E-state index in [2.05, 4.69) is 15.5 Å². The predicted molar refractivity (Wildman–Crippen MR) is 154 cm³/mol. The van der Waals surface area contributed by atoms with Crippen molar-refractivity contribution >= 4 is 23.6 Å². The molecular weight excluding hydrogens is 560 g/mol. The summed E-state index contributed by atoms with van der Waals surface area (Å²) < 4.78 is 33.2. The van der Waals surface area contributed by atoms with Gasteiger partial charge in [0.25, 0.3) is 5.91 Å². The van der Waals surface area contributed by atoms with Gasteiger partial charge in [-0.2, -0.15) is 0 Å². The van der Waals surface area contributed by atoms with E-state index in [1.54, 1.807) is 31.3 Å². The Morgan fingerprint density at radius 1 is 1.02 bits per heavy atom. The van der Waals surface area contributed by atoms with Gasteiger partial charge in [0.15, 0.2) is 6.61 Å². The number of likely N-dealkylation sites (N-methyl/N-ethyl adjacent to an activating group) is 1. The SMILES string of the molecule is CN1CC(=O)N[C@@H]2C[C@@H](C(=O)NCC[C@H]3CN(C4CCC(F)(F)CC4)CC[C@H]3CC1=O)N(C(=O)COc1ccccc1)C2. The minimum Gasteiger partial charge on any atom is -0.484 e. The summed E-state index contributed by atoms with van der Waals surface area (Å²) in [7, 11) is 1.62. The van der Waals surface area contributed by atoms with Crippen LogP contribution in [-0.2, 0) is 19.2 Å². The number of amides is 4. The molecule has 0 radical (unpaired) electrons. The molecule has 4 atom stereocenters. The van der Waals surface area contributed by atoms with Crippen molar-refractivity contribution in [1.82, 2.24) is 25.3 Å². The van der Waals surface area contributed by atoms with Crippen molar-refractivity contribution in [3.05, 3.63) is 30.3 Å². The van der Waals surface area contributed by atoms with Crippen LogP contribution in [0.3, 0.4) is 0 Å². The molecule has 1 saturated carbocycles. The summed E-state index contributed by atoms with van der Waals surface area (Å²) in [6, 6.07) is 7.85. The monoisotopic (exact) mass is 603 g/mol. The molecule has 3 saturated heterocycles. The number of carbonyl (C=O) groups excluding carboxylic acids is 4. The van der Waals surface area contributed by atoms with Crippen molar-refractivity contribution in [2.24, 2.45) is 11.8 Å². The zero-order chi connectivity index (χ0) is 30.6. The second kappa shape index (κ2) is 13.6. The zero-order valence-corrected chi connectivity index (χ0v) is 24.8. The molecule has 12 heteroatoms. The Bertz CT molecular complexity index is 1160. The molecule has 10 nitrogen and oxygen atoms in total. The van der Waals surface area contributed by atoms with Crippen LogP contribution in [0.15, 0.2) is 30.3 Å². The topological polar surface area (TPSA) is 111 Å². The largest absolute Gasteiger partial charge is 0.484 e. The van der Waals surface area contributed by atoms with Crippen molar-refractivity contribution in [1.29, 1.82) is 0 Å². The minimum atomic E-state index is -2.59. The lowest BCUT2D eigenvalue weighted by molar-refractivity contribution is -0.140. The lowest BCUT2D eigenvalue weighted by Crippen LogP contribution is -2.50. The van der Waals surface area contributed by atoms with E-state index in [0.717, 1.165) is 13.0 Å². The molecule has 0 aromatic heterocycles. The van der Waals surface area contributed by atoms with E-state index in [-0.39, 0.29) is 80.5 Å². The summed E-state index contributed by atoms with van der Waals surface area (Å²) in [5.74, 6) is -3.00. The van der Waals surface area contributed by atoms with Crippen molar-refractivity contribution in [3.63, 3.8) is 0 Å². The number of carbonyl (C=O) groups is 4. The van der Waals surface area contributed by atoms with Gasteiger partial charge in [-0.15, -0.1) is 0 Å². The molecule has 3 aliphatic heterocycles. The molecule has 4 amide bonds. The number of likely N-dealkylation sites (tertiary alicyclic amines) is 2. The van der Waals surface area contributed by atoms with Gasteiger partial charge in [0, 0.05) is 58.0 Å². The number of ether oxygens (including phenoxy) is 1. The third-order valence-electron chi connectivity index (χ3n) is 9.58. The maximum atomic E-state index is 13.8. The van der Waals surface area contributed by atoms with Gasteiger partial charge in [0.05, 0.1) is 6.54 Å². The number of nitrogens with zero attached hydrogens (tertiary/aromatic N) is 3. The van der Waals surface area contributed by atoms with Crippen molar-refractivity contribution in [3.8, 4) is 5.75 Å². The fraction of sp³-hybridized carbons (Fsp3) is 0.677. The predicted octanol–water partition coefficient (Wildman–Crippen LogP) is 2.04. The third kappa shape index (κ3) is 8.01. The molecule has 3 heterocycles. The molecule has 2 bridgehead atoms. The van der Waals surface area contributed by atoms with Crippen molar-refractivity contribution in [2.45, 2.75) is 75.4 Å². The fourth-order valence-electron chi connectivity index (χ4n) is 7.09. The molecule has 1 aromatic carbocycles. The lowest BCUT2D eigenvalue weighted by Gasteiger charge is -2.44. The second-order valence-electron chi connectivity index (χ2n) is 12.6. The minimum absolute atomic E-state index is 0.0611.